The van der Waals surface area contributed by atoms with Crippen molar-refractivity contribution in [2.75, 3.05) is 23.7 Å². The molecule has 0 bridgehead atoms. The Kier molecular flexibility index (Phi) is 10.6. The Morgan fingerprint density at radius 3 is 1.33 bits per heavy atom. The van der Waals surface area contributed by atoms with Gasteiger partial charge in [0.2, 0.25) is 11.8 Å². The van der Waals surface area contributed by atoms with E-state index in [0.29, 0.717) is 62.3 Å². The number of allylic oxidation sites excluding steroid dienone is 2. The molecule has 2 atom stereocenters. The molecule has 2 N–H and O–H groups in total. The van der Waals surface area contributed by atoms with Gasteiger partial charge in [0.25, 0.3) is 11.6 Å². The van der Waals surface area contributed by atoms with Gasteiger partial charge in [-0.3, -0.25) is 19.2 Å². The summed E-state index contributed by atoms with van der Waals surface area (Å²) in [7, 11) is 0. The van der Waals surface area contributed by atoms with E-state index < -0.39 is 47.8 Å². The number of rotatable bonds is 10. The van der Waals surface area contributed by atoms with Crippen molar-refractivity contribution < 1.29 is 45.5 Å². The van der Waals surface area contributed by atoms with Crippen LogP contribution < -0.4 is 10.6 Å². The van der Waals surface area contributed by atoms with E-state index in [4.69, 9.17) is 0 Å². The van der Waals surface area contributed by atoms with Gasteiger partial charge in [0, 0.05) is 58.8 Å². The SMILES string of the molecule is O=C(Nc1ccc(Sc2ccc(NC(=O)C3CCCN3C=CC(=O)C(F)(F)F)cc2)cc1)C1CCCN1C=CC(=O)C(F)(F)F. The number of ketones is 2. The second-order valence-corrected chi connectivity index (χ2v) is 11.4. The summed E-state index contributed by atoms with van der Waals surface area (Å²) in [6, 6.07) is 12.4. The number of benzene rings is 2. The number of hydrogen-bond acceptors (Lipinski definition) is 7. The third-order valence-electron chi connectivity index (χ3n) is 7.07. The Morgan fingerprint density at radius 1 is 0.644 bits per heavy atom. The van der Waals surface area contributed by atoms with Gasteiger partial charge < -0.3 is 20.4 Å². The van der Waals surface area contributed by atoms with E-state index >= 15 is 0 Å². The maximum Gasteiger partial charge on any atom is 0.454 e. The first-order valence-electron chi connectivity index (χ1n) is 13.8. The van der Waals surface area contributed by atoms with Crippen LogP contribution >= 0.6 is 11.8 Å². The summed E-state index contributed by atoms with van der Waals surface area (Å²) in [4.78, 5) is 52.3. The van der Waals surface area contributed by atoms with Crippen LogP contribution in [0.15, 0.2) is 82.9 Å². The molecule has 45 heavy (non-hydrogen) atoms. The highest BCUT2D eigenvalue weighted by atomic mass is 32.2. The number of hydrogen-bond donors (Lipinski definition) is 2. The molecule has 0 saturated carbocycles. The maximum atomic E-state index is 12.8. The zero-order chi connectivity index (χ0) is 32.8. The normalized spacial score (nSPS) is 19.0. The van der Waals surface area contributed by atoms with Crippen LogP contribution in [0.3, 0.4) is 0 Å². The summed E-state index contributed by atoms with van der Waals surface area (Å²) in [6.45, 7) is 0.698. The monoisotopic (exact) mass is 654 g/mol. The first kappa shape index (κ1) is 33.6. The molecule has 2 aliphatic heterocycles. The van der Waals surface area contributed by atoms with E-state index in [0.717, 1.165) is 22.2 Å². The van der Waals surface area contributed by atoms with Crippen molar-refractivity contribution in [1.82, 2.24) is 9.80 Å². The third-order valence-corrected chi connectivity index (χ3v) is 8.08. The number of carbonyl (C=O) groups is 4. The minimum Gasteiger partial charge on any atom is -0.365 e. The summed E-state index contributed by atoms with van der Waals surface area (Å²) in [5.74, 6) is -4.78. The standard InChI is InChI=1S/C30H28F6N4O4S/c31-29(32,33)25(41)13-17-39-15-1-3-23(39)27(43)37-19-5-9-21(10-6-19)45-22-11-7-20(8-12-22)38-28(44)24-4-2-16-40(24)18-14-26(42)30(34,35)36/h5-14,17-18,23-24H,1-4,15-16H2,(H,37,43)(H,38,44). The van der Waals surface area contributed by atoms with E-state index in [1.54, 1.807) is 48.5 Å². The molecule has 15 heteroatoms. The minimum absolute atomic E-state index is 0.349. The van der Waals surface area contributed by atoms with E-state index in [9.17, 15) is 45.5 Å². The van der Waals surface area contributed by atoms with Crippen LogP contribution in [0.25, 0.3) is 0 Å². The summed E-state index contributed by atoms with van der Waals surface area (Å²) in [5, 5.41) is 5.50. The van der Waals surface area contributed by atoms with Gasteiger partial charge in [-0.15, -0.1) is 0 Å². The van der Waals surface area contributed by atoms with Gasteiger partial charge in [-0.2, -0.15) is 26.3 Å². The van der Waals surface area contributed by atoms with E-state index in [2.05, 4.69) is 10.6 Å². The van der Waals surface area contributed by atoms with Crippen LogP contribution in [0.4, 0.5) is 37.7 Å². The molecule has 0 spiro atoms. The number of likely N-dealkylation sites (tertiary alicyclic amines) is 2. The Morgan fingerprint density at radius 2 is 1.00 bits per heavy atom. The maximum absolute atomic E-state index is 12.8. The first-order valence-corrected chi connectivity index (χ1v) is 14.6. The molecule has 2 amide bonds. The Labute approximate surface area is 258 Å². The molecule has 2 heterocycles. The zero-order valence-corrected chi connectivity index (χ0v) is 24.3. The average Bonchev–Trinajstić information content (AvgIpc) is 3.65. The lowest BCUT2D eigenvalue weighted by Gasteiger charge is -2.22. The fourth-order valence-corrected chi connectivity index (χ4v) is 5.63. The second-order valence-electron chi connectivity index (χ2n) is 10.3. The molecule has 2 saturated heterocycles. The van der Waals surface area contributed by atoms with Gasteiger partial charge in [0.05, 0.1) is 0 Å². The molecular formula is C30H28F6N4O4S. The lowest BCUT2D eigenvalue weighted by molar-refractivity contribution is -0.165. The Bertz CT molecular complexity index is 1350. The number of nitrogens with one attached hydrogen (secondary N) is 2. The molecule has 0 aliphatic carbocycles. The van der Waals surface area contributed by atoms with Crippen LogP contribution in [-0.4, -0.2) is 70.7 Å². The van der Waals surface area contributed by atoms with Crippen molar-refractivity contribution in [2.45, 2.75) is 59.9 Å². The largest absolute Gasteiger partial charge is 0.454 e. The third kappa shape index (κ3) is 9.36. The lowest BCUT2D eigenvalue weighted by Crippen LogP contribution is -2.36. The molecular weight excluding hydrogens is 626 g/mol. The van der Waals surface area contributed by atoms with Crippen molar-refractivity contribution in [1.29, 1.82) is 0 Å². The number of alkyl halides is 6. The van der Waals surface area contributed by atoms with Crippen molar-refractivity contribution in [3.05, 3.63) is 73.1 Å². The van der Waals surface area contributed by atoms with Crippen LogP contribution in [0, 0.1) is 0 Å². The summed E-state index contributed by atoms with van der Waals surface area (Å²) < 4.78 is 74.9. The molecule has 2 aromatic carbocycles. The molecule has 240 valence electrons. The smallest absolute Gasteiger partial charge is 0.365 e. The van der Waals surface area contributed by atoms with Crippen LogP contribution in [0.1, 0.15) is 25.7 Å². The van der Waals surface area contributed by atoms with Crippen LogP contribution in [0.2, 0.25) is 0 Å². The molecule has 0 aromatic heterocycles. The summed E-state index contributed by atoms with van der Waals surface area (Å²) in [6.07, 6.45) is -5.04. The quantitative estimate of drug-likeness (QED) is 0.242. The molecule has 2 unspecified atom stereocenters. The van der Waals surface area contributed by atoms with Gasteiger partial charge in [-0.1, -0.05) is 11.8 Å². The number of carbonyl (C=O) groups excluding carboxylic acids is 4. The molecule has 4 rings (SSSR count). The van der Waals surface area contributed by atoms with Gasteiger partial charge >= 0.3 is 12.4 Å². The van der Waals surface area contributed by atoms with E-state index in [1.165, 1.54) is 21.6 Å². The van der Waals surface area contributed by atoms with E-state index in [-0.39, 0.29) is 0 Å². The summed E-state index contributed by atoms with van der Waals surface area (Å²) >= 11 is 1.41. The zero-order valence-electron chi connectivity index (χ0n) is 23.5. The molecule has 0 radical (unpaired) electrons. The minimum atomic E-state index is -4.97. The number of halogens is 6. The highest BCUT2D eigenvalue weighted by Crippen LogP contribution is 2.30. The predicted octanol–water partition coefficient (Wildman–Crippen LogP) is 5.93. The van der Waals surface area contributed by atoms with Crippen molar-refractivity contribution in [3.63, 3.8) is 0 Å². The Hall–Kier alpha value is -4.27. The number of nitrogens with zero attached hydrogens (tertiary/aromatic N) is 2. The highest BCUT2D eigenvalue weighted by molar-refractivity contribution is 7.99. The lowest BCUT2D eigenvalue weighted by atomic mass is 10.2. The Balaban J connectivity index is 1.28. The second kappa shape index (κ2) is 14.2. The predicted molar refractivity (Wildman–Crippen MR) is 154 cm³/mol. The highest BCUT2D eigenvalue weighted by Gasteiger charge is 2.38. The molecule has 2 aromatic rings. The average molecular weight is 655 g/mol. The van der Waals surface area contributed by atoms with E-state index in [1.807, 2.05) is 0 Å². The number of amides is 2. The van der Waals surface area contributed by atoms with Gasteiger partial charge in [0.15, 0.2) is 0 Å². The van der Waals surface area contributed by atoms with Gasteiger partial charge in [-0.25, -0.2) is 0 Å². The van der Waals surface area contributed by atoms with Crippen molar-refractivity contribution >= 4 is 46.5 Å². The van der Waals surface area contributed by atoms with Crippen LogP contribution in [-0.2, 0) is 19.2 Å². The van der Waals surface area contributed by atoms with Gasteiger partial charge in [-0.05, 0) is 74.2 Å². The molecule has 2 fully saturated rings. The van der Waals surface area contributed by atoms with Gasteiger partial charge in [0.1, 0.15) is 12.1 Å². The summed E-state index contributed by atoms with van der Waals surface area (Å²) in [5.41, 5.74) is 0.978. The molecule has 8 nitrogen and oxygen atoms in total. The van der Waals surface area contributed by atoms with Crippen molar-refractivity contribution in [2.24, 2.45) is 0 Å². The fraction of sp³-hybridized carbons (Fsp3) is 0.333. The fourth-order valence-electron chi connectivity index (χ4n) is 4.81. The topological polar surface area (TPSA) is 98.8 Å². The number of anilines is 2. The molecule has 2 aliphatic rings. The van der Waals surface area contributed by atoms with Crippen molar-refractivity contribution in [3.8, 4) is 0 Å². The van der Waals surface area contributed by atoms with Crippen LogP contribution in [0.5, 0.6) is 0 Å². The first-order chi connectivity index (χ1) is 21.2.